The first-order valence-corrected chi connectivity index (χ1v) is 8.36. The number of ketones is 1. The van der Waals surface area contributed by atoms with E-state index in [0.717, 1.165) is 16.6 Å². The van der Waals surface area contributed by atoms with Crippen LogP contribution in [0.25, 0.3) is 11.0 Å². The van der Waals surface area contributed by atoms with Crippen molar-refractivity contribution in [2.24, 2.45) is 0 Å². The van der Waals surface area contributed by atoms with Crippen molar-refractivity contribution in [3.8, 4) is 0 Å². The predicted octanol–water partition coefficient (Wildman–Crippen LogP) is 4.43. The first-order valence-electron chi connectivity index (χ1n) is 8.36. The topological polar surface area (TPSA) is 47.8 Å². The van der Waals surface area contributed by atoms with Gasteiger partial charge in [0.1, 0.15) is 11.3 Å². The predicted molar refractivity (Wildman–Crippen MR) is 97.5 cm³/mol. The fraction of sp³-hybridized carbons (Fsp3) is 0.0952. The zero-order valence-electron chi connectivity index (χ0n) is 13.9. The van der Waals surface area contributed by atoms with Crippen LogP contribution in [-0.2, 0) is 0 Å². The summed E-state index contributed by atoms with van der Waals surface area (Å²) >= 11 is 0. The minimum absolute atomic E-state index is 0.000457. The summed E-state index contributed by atoms with van der Waals surface area (Å²) in [7, 11) is 0. The summed E-state index contributed by atoms with van der Waals surface area (Å²) in [5.41, 5.74) is 3.05. The average Bonchev–Trinajstić information content (AvgIpc) is 3.11. The smallest absolute Gasteiger partial charge is 0.165 e. The zero-order valence-corrected chi connectivity index (χ0v) is 13.9. The van der Waals surface area contributed by atoms with Crippen LogP contribution in [-0.4, -0.2) is 20.8 Å². The number of para-hydroxylation sites is 1. The Bertz CT molecular complexity index is 1040. The van der Waals surface area contributed by atoms with Gasteiger partial charge in [0.15, 0.2) is 5.78 Å². The number of hydrogen-bond donors (Lipinski definition) is 0. The van der Waals surface area contributed by atoms with Gasteiger partial charge in [0.05, 0.1) is 11.6 Å². The van der Waals surface area contributed by atoms with Crippen LogP contribution in [0.1, 0.15) is 28.4 Å². The molecule has 1 heterocycles. The standard InChI is InChI=1S/C21H16FN3O/c22-17-12-10-15(11-13-17)20(14-21(26)16-6-2-1-3-7-16)25-19-9-5-4-8-18(19)23-24-25/h1-13,20H,14H2/t20-/m1/s1. The van der Waals surface area contributed by atoms with E-state index in [1.807, 2.05) is 42.5 Å². The van der Waals surface area contributed by atoms with Gasteiger partial charge in [-0.25, -0.2) is 9.07 Å². The van der Waals surface area contributed by atoms with E-state index in [9.17, 15) is 9.18 Å². The Balaban J connectivity index is 1.77. The highest BCUT2D eigenvalue weighted by Gasteiger charge is 2.22. The Hall–Kier alpha value is -3.34. The fourth-order valence-electron chi connectivity index (χ4n) is 3.07. The monoisotopic (exact) mass is 345 g/mol. The molecule has 26 heavy (non-hydrogen) atoms. The molecule has 1 atom stereocenters. The molecular formula is C21H16FN3O. The Labute approximate surface area is 149 Å². The molecule has 0 radical (unpaired) electrons. The number of carbonyl (C=O) groups is 1. The van der Waals surface area contributed by atoms with Crippen LogP contribution in [0.5, 0.6) is 0 Å². The number of Topliss-reactive ketones (excluding diaryl/α,β-unsaturated/α-hetero) is 1. The number of carbonyl (C=O) groups excluding carboxylic acids is 1. The molecule has 0 unspecified atom stereocenters. The van der Waals surface area contributed by atoms with E-state index in [4.69, 9.17) is 0 Å². The zero-order chi connectivity index (χ0) is 17.9. The van der Waals surface area contributed by atoms with E-state index in [1.54, 1.807) is 28.9 Å². The molecule has 4 aromatic rings. The van der Waals surface area contributed by atoms with E-state index in [2.05, 4.69) is 10.3 Å². The minimum Gasteiger partial charge on any atom is -0.294 e. The van der Waals surface area contributed by atoms with Crippen molar-refractivity contribution in [1.82, 2.24) is 15.0 Å². The molecule has 4 nitrogen and oxygen atoms in total. The molecule has 0 saturated heterocycles. The summed E-state index contributed by atoms with van der Waals surface area (Å²) in [6.45, 7) is 0. The second-order valence-electron chi connectivity index (χ2n) is 6.08. The highest BCUT2D eigenvalue weighted by molar-refractivity contribution is 5.96. The molecule has 3 aromatic carbocycles. The number of benzene rings is 3. The SMILES string of the molecule is O=C(C[C@H](c1ccc(F)cc1)n1nnc2ccccc21)c1ccccc1. The lowest BCUT2D eigenvalue weighted by Gasteiger charge is -2.18. The number of hydrogen-bond acceptors (Lipinski definition) is 3. The first-order chi connectivity index (χ1) is 12.7. The number of rotatable bonds is 5. The summed E-state index contributed by atoms with van der Waals surface area (Å²) in [4.78, 5) is 12.8. The van der Waals surface area contributed by atoms with Crippen LogP contribution in [0, 0.1) is 5.82 Å². The number of nitrogens with zero attached hydrogens (tertiary/aromatic N) is 3. The summed E-state index contributed by atoms with van der Waals surface area (Å²) < 4.78 is 15.1. The van der Waals surface area contributed by atoms with E-state index < -0.39 is 0 Å². The number of aromatic nitrogens is 3. The maximum Gasteiger partial charge on any atom is 0.165 e. The highest BCUT2D eigenvalue weighted by Crippen LogP contribution is 2.27. The van der Waals surface area contributed by atoms with Gasteiger partial charge in [-0.05, 0) is 29.8 Å². The summed E-state index contributed by atoms with van der Waals surface area (Å²) in [5, 5.41) is 8.45. The summed E-state index contributed by atoms with van der Waals surface area (Å²) in [6, 6.07) is 22.5. The Morgan fingerprint density at radius 2 is 1.62 bits per heavy atom. The van der Waals surface area contributed by atoms with Gasteiger partial charge in [-0.1, -0.05) is 59.8 Å². The molecule has 0 fully saturated rings. The molecule has 5 heteroatoms. The fourth-order valence-corrected chi connectivity index (χ4v) is 3.07. The molecule has 0 aliphatic heterocycles. The van der Waals surface area contributed by atoms with Crippen LogP contribution >= 0.6 is 0 Å². The third-order valence-corrected chi connectivity index (χ3v) is 4.40. The molecule has 0 N–H and O–H groups in total. The normalized spacial score (nSPS) is 12.2. The molecule has 0 aliphatic rings. The van der Waals surface area contributed by atoms with E-state index in [0.29, 0.717) is 5.56 Å². The third kappa shape index (κ3) is 3.11. The average molecular weight is 345 g/mol. The largest absolute Gasteiger partial charge is 0.294 e. The summed E-state index contributed by atoms with van der Waals surface area (Å²) in [5.74, 6) is -0.315. The van der Waals surface area contributed by atoms with Gasteiger partial charge >= 0.3 is 0 Å². The molecule has 4 rings (SSSR count). The lowest BCUT2D eigenvalue weighted by molar-refractivity contribution is 0.0968. The molecule has 128 valence electrons. The van der Waals surface area contributed by atoms with Crippen LogP contribution in [0.3, 0.4) is 0 Å². The van der Waals surface area contributed by atoms with Gasteiger partial charge < -0.3 is 0 Å². The first kappa shape index (κ1) is 16.1. The minimum atomic E-state index is -0.365. The van der Waals surface area contributed by atoms with Gasteiger partial charge in [0.2, 0.25) is 0 Å². The quantitative estimate of drug-likeness (QED) is 0.503. The van der Waals surface area contributed by atoms with Crippen LogP contribution in [0.15, 0.2) is 78.9 Å². The van der Waals surface area contributed by atoms with Crippen LogP contribution in [0.4, 0.5) is 4.39 Å². The second kappa shape index (κ2) is 6.88. The van der Waals surface area contributed by atoms with Gasteiger partial charge in [0.25, 0.3) is 0 Å². The second-order valence-corrected chi connectivity index (χ2v) is 6.08. The van der Waals surface area contributed by atoms with Crippen molar-refractivity contribution in [1.29, 1.82) is 0 Å². The van der Waals surface area contributed by atoms with Crippen molar-refractivity contribution in [3.63, 3.8) is 0 Å². The number of halogens is 1. The maximum atomic E-state index is 13.4. The Morgan fingerprint density at radius 3 is 2.38 bits per heavy atom. The van der Waals surface area contributed by atoms with Crippen LogP contribution < -0.4 is 0 Å². The van der Waals surface area contributed by atoms with Crippen molar-refractivity contribution >= 4 is 16.8 Å². The lowest BCUT2D eigenvalue weighted by atomic mass is 9.97. The third-order valence-electron chi connectivity index (χ3n) is 4.40. The molecule has 0 saturated carbocycles. The van der Waals surface area contributed by atoms with Crippen molar-refractivity contribution in [2.75, 3.05) is 0 Å². The molecule has 0 bridgehead atoms. The van der Waals surface area contributed by atoms with E-state index in [-0.39, 0.29) is 24.1 Å². The maximum absolute atomic E-state index is 13.4. The van der Waals surface area contributed by atoms with Crippen molar-refractivity contribution in [2.45, 2.75) is 12.5 Å². The molecule has 0 amide bonds. The lowest BCUT2D eigenvalue weighted by Crippen LogP contribution is -2.17. The van der Waals surface area contributed by atoms with Gasteiger partial charge in [0, 0.05) is 12.0 Å². The summed E-state index contributed by atoms with van der Waals surface area (Å²) in [6.07, 6.45) is 0.211. The Morgan fingerprint density at radius 1 is 0.923 bits per heavy atom. The number of fused-ring (bicyclic) bond motifs is 1. The Kier molecular flexibility index (Phi) is 4.27. The van der Waals surface area contributed by atoms with Crippen molar-refractivity contribution < 1.29 is 9.18 Å². The highest BCUT2D eigenvalue weighted by atomic mass is 19.1. The van der Waals surface area contributed by atoms with Gasteiger partial charge in [-0.15, -0.1) is 5.10 Å². The van der Waals surface area contributed by atoms with Gasteiger partial charge in [-0.2, -0.15) is 0 Å². The molecule has 1 aromatic heterocycles. The van der Waals surface area contributed by atoms with E-state index >= 15 is 0 Å². The molecular weight excluding hydrogens is 329 g/mol. The van der Waals surface area contributed by atoms with E-state index in [1.165, 1.54) is 12.1 Å². The van der Waals surface area contributed by atoms with Crippen LogP contribution in [0.2, 0.25) is 0 Å². The molecule has 0 aliphatic carbocycles. The molecule has 0 spiro atoms. The van der Waals surface area contributed by atoms with Gasteiger partial charge in [-0.3, -0.25) is 4.79 Å². The van der Waals surface area contributed by atoms with Crippen molar-refractivity contribution in [3.05, 3.63) is 95.8 Å².